The van der Waals surface area contributed by atoms with E-state index in [0.717, 1.165) is 29.0 Å². The zero-order chi connectivity index (χ0) is 13.9. The Hall–Kier alpha value is -1.19. The molecule has 3 rings (SSSR count). The smallest absolute Gasteiger partial charge is 0.134 e. The second kappa shape index (κ2) is 6.06. The molecule has 0 saturated carbocycles. The molecule has 1 aliphatic rings. The number of thiophene rings is 1. The van der Waals surface area contributed by atoms with E-state index in [1.54, 1.807) is 11.3 Å². The molecule has 100 valence electrons. The molecule has 0 amide bonds. The summed E-state index contributed by atoms with van der Waals surface area (Å²) in [5.41, 5.74) is 3.15. The predicted molar refractivity (Wildman–Crippen MR) is 92.1 cm³/mol. The minimum Gasteiger partial charge on any atom is -0.244 e. The molecule has 0 N–H and O–H groups in total. The van der Waals surface area contributed by atoms with Crippen LogP contribution >= 0.6 is 33.9 Å². The van der Waals surface area contributed by atoms with Gasteiger partial charge in [-0.05, 0) is 59.9 Å². The summed E-state index contributed by atoms with van der Waals surface area (Å²) in [7, 11) is 0. The van der Waals surface area contributed by atoms with E-state index < -0.39 is 0 Å². The number of aliphatic imine (C=N–C) groups is 1. The van der Waals surface area contributed by atoms with E-state index in [0.29, 0.717) is 0 Å². The summed E-state index contributed by atoms with van der Waals surface area (Å²) in [6.07, 6.45) is 6.44. The molecule has 0 aliphatic heterocycles. The van der Waals surface area contributed by atoms with E-state index in [9.17, 15) is 5.26 Å². The Morgan fingerprint density at radius 2 is 2.05 bits per heavy atom. The van der Waals surface area contributed by atoms with Gasteiger partial charge in [0.1, 0.15) is 11.1 Å². The van der Waals surface area contributed by atoms with Crippen molar-refractivity contribution >= 4 is 45.1 Å². The van der Waals surface area contributed by atoms with Gasteiger partial charge in [-0.25, -0.2) is 4.99 Å². The molecule has 0 saturated heterocycles. The second-order valence-electron chi connectivity index (χ2n) is 4.78. The highest BCUT2D eigenvalue weighted by molar-refractivity contribution is 14.1. The number of rotatable bonds is 2. The highest BCUT2D eigenvalue weighted by atomic mass is 127. The minimum atomic E-state index is 0.798. The van der Waals surface area contributed by atoms with Gasteiger partial charge < -0.3 is 0 Å². The molecule has 0 spiro atoms. The van der Waals surface area contributed by atoms with Gasteiger partial charge in [0.05, 0.1) is 5.56 Å². The lowest BCUT2D eigenvalue weighted by atomic mass is 9.96. The SMILES string of the molecule is N#Cc1c(N=Cc2ccccc2I)sc2c1CCCC2. The summed E-state index contributed by atoms with van der Waals surface area (Å²) in [5.74, 6) is 0. The van der Waals surface area contributed by atoms with Crippen LogP contribution in [-0.2, 0) is 12.8 Å². The maximum atomic E-state index is 9.40. The van der Waals surface area contributed by atoms with E-state index >= 15 is 0 Å². The summed E-state index contributed by atoms with van der Waals surface area (Å²) >= 11 is 3.99. The van der Waals surface area contributed by atoms with Crippen molar-refractivity contribution in [3.63, 3.8) is 0 Å². The fourth-order valence-electron chi connectivity index (χ4n) is 2.47. The maximum Gasteiger partial charge on any atom is 0.134 e. The van der Waals surface area contributed by atoms with Crippen molar-refractivity contribution in [3.8, 4) is 6.07 Å². The summed E-state index contributed by atoms with van der Waals surface area (Å²) < 4.78 is 1.17. The molecule has 0 atom stereocenters. The fourth-order valence-corrected chi connectivity index (χ4v) is 4.18. The summed E-state index contributed by atoms with van der Waals surface area (Å²) in [5, 5.41) is 10.3. The molecule has 0 fully saturated rings. The molecule has 1 aliphatic carbocycles. The average Bonchev–Trinajstić information content (AvgIpc) is 2.84. The first-order valence-electron chi connectivity index (χ1n) is 6.63. The Labute approximate surface area is 136 Å². The number of hydrogen-bond donors (Lipinski definition) is 0. The molecule has 0 unspecified atom stereocenters. The molecule has 1 aromatic carbocycles. The first-order chi connectivity index (χ1) is 9.79. The van der Waals surface area contributed by atoms with Crippen molar-refractivity contribution in [2.24, 2.45) is 4.99 Å². The molecule has 1 aromatic heterocycles. The molecule has 4 heteroatoms. The van der Waals surface area contributed by atoms with Gasteiger partial charge >= 0.3 is 0 Å². The largest absolute Gasteiger partial charge is 0.244 e. The van der Waals surface area contributed by atoms with Crippen LogP contribution in [0.25, 0.3) is 0 Å². The third-order valence-corrected chi connectivity index (χ3v) is 5.67. The van der Waals surface area contributed by atoms with Gasteiger partial charge in [-0.15, -0.1) is 11.3 Å². The first kappa shape index (κ1) is 13.8. The summed E-state index contributed by atoms with van der Waals surface area (Å²) in [6.45, 7) is 0. The molecule has 2 nitrogen and oxygen atoms in total. The standard InChI is InChI=1S/C16H13IN2S/c17-14-7-3-1-5-11(14)10-19-16-13(9-18)12-6-2-4-8-15(12)20-16/h1,3,5,7,10H,2,4,6,8H2. The van der Waals surface area contributed by atoms with Crippen LogP contribution in [0.15, 0.2) is 29.3 Å². The van der Waals surface area contributed by atoms with E-state index in [2.05, 4.69) is 39.7 Å². The van der Waals surface area contributed by atoms with Crippen molar-refractivity contribution in [1.82, 2.24) is 0 Å². The Balaban J connectivity index is 1.97. The van der Waals surface area contributed by atoms with Crippen LogP contribution in [0, 0.1) is 14.9 Å². The molecule has 1 heterocycles. The monoisotopic (exact) mass is 392 g/mol. The topological polar surface area (TPSA) is 36.1 Å². The number of nitrogens with zero attached hydrogens (tertiary/aromatic N) is 2. The summed E-state index contributed by atoms with van der Waals surface area (Å²) in [4.78, 5) is 5.94. The van der Waals surface area contributed by atoms with Crippen molar-refractivity contribution in [3.05, 3.63) is 49.4 Å². The third kappa shape index (κ3) is 2.65. The van der Waals surface area contributed by atoms with Crippen molar-refractivity contribution in [2.45, 2.75) is 25.7 Å². The first-order valence-corrected chi connectivity index (χ1v) is 8.52. The normalized spacial score (nSPS) is 14.2. The second-order valence-corrected chi connectivity index (χ2v) is 7.03. The highest BCUT2D eigenvalue weighted by Gasteiger charge is 2.20. The van der Waals surface area contributed by atoms with Crippen LogP contribution in [0.3, 0.4) is 0 Å². The van der Waals surface area contributed by atoms with Crippen LogP contribution < -0.4 is 0 Å². The lowest BCUT2D eigenvalue weighted by Gasteiger charge is -2.09. The lowest BCUT2D eigenvalue weighted by molar-refractivity contribution is 0.696. The maximum absolute atomic E-state index is 9.40. The van der Waals surface area contributed by atoms with Gasteiger partial charge in [0.25, 0.3) is 0 Å². The van der Waals surface area contributed by atoms with Gasteiger partial charge in [-0.1, -0.05) is 18.2 Å². The van der Waals surface area contributed by atoms with Gasteiger partial charge in [-0.2, -0.15) is 5.26 Å². The Kier molecular flexibility index (Phi) is 4.18. The Bertz CT molecular complexity index is 710. The van der Waals surface area contributed by atoms with Crippen LogP contribution in [0.5, 0.6) is 0 Å². The third-order valence-electron chi connectivity index (χ3n) is 3.49. The number of nitriles is 1. The number of aryl methyl sites for hydroxylation is 1. The zero-order valence-electron chi connectivity index (χ0n) is 10.9. The number of fused-ring (bicyclic) bond motifs is 1. The number of benzene rings is 1. The summed E-state index contributed by atoms with van der Waals surface area (Å²) in [6, 6.07) is 10.5. The van der Waals surface area contributed by atoms with E-state index in [4.69, 9.17) is 0 Å². The fraction of sp³-hybridized carbons (Fsp3) is 0.250. The average molecular weight is 392 g/mol. The van der Waals surface area contributed by atoms with Crippen LogP contribution in [-0.4, -0.2) is 6.21 Å². The molecular weight excluding hydrogens is 379 g/mol. The molecule has 2 aromatic rings. The van der Waals surface area contributed by atoms with Crippen molar-refractivity contribution in [2.75, 3.05) is 0 Å². The van der Waals surface area contributed by atoms with Crippen molar-refractivity contribution < 1.29 is 0 Å². The molecule has 0 bridgehead atoms. The minimum absolute atomic E-state index is 0.798. The lowest BCUT2D eigenvalue weighted by Crippen LogP contribution is -1.99. The van der Waals surface area contributed by atoms with E-state index in [-0.39, 0.29) is 0 Å². The van der Waals surface area contributed by atoms with E-state index in [1.165, 1.54) is 26.9 Å². The molecular formula is C16H13IN2S. The van der Waals surface area contributed by atoms with Crippen LogP contribution in [0.2, 0.25) is 0 Å². The predicted octanol–water partition coefficient (Wildman–Crippen LogP) is 4.85. The van der Waals surface area contributed by atoms with Crippen LogP contribution in [0.4, 0.5) is 5.00 Å². The zero-order valence-corrected chi connectivity index (χ0v) is 13.9. The van der Waals surface area contributed by atoms with Gasteiger partial charge in [-0.3, -0.25) is 0 Å². The Morgan fingerprint density at radius 1 is 1.25 bits per heavy atom. The highest BCUT2D eigenvalue weighted by Crippen LogP contribution is 2.39. The van der Waals surface area contributed by atoms with Gasteiger partial charge in [0.2, 0.25) is 0 Å². The van der Waals surface area contributed by atoms with E-state index in [1.807, 2.05) is 24.4 Å². The number of halogens is 1. The molecule has 20 heavy (non-hydrogen) atoms. The van der Waals surface area contributed by atoms with Crippen molar-refractivity contribution in [1.29, 1.82) is 5.26 Å². The van der Waals surface area contributed by atoms with Gasteiger partial charge in [0.15, 0.2) is 0 Å². The number of hydrogen-bond acceptors (Lipinski definition) is 3. The Morgan fingerprint density at radius 3 is 2.85 bits per heavy atom. The molecule has 0 radical (unpaired) electrons. The quantitative estimate of drug-likeness (QED) is 0.532. The van der Waals surface area contributed by atoms with Crippen LogP contribution in [0.1, 0.15) is 34.4 Å². The van der Waals surface area contributed by atoms with Gasteiger partial charge in [0, 0.05) is 20.2 Å².